The molecule has 2 aromatic heterocycles. The molecule has 1 aliphatic carbocycles. The zero-order valence-corrected chi connectivity index (χ0v) is 19.7. The second-order valence-corrected chi connectivity index (χ2v) is 10.4. The van der Waals surface area contributed by atoms with Crippen LogP contribution >= 0.6 is 0 Å². The molecule has 1 saturated carbocycles. The fourth-order valence-corrected chi connectivity index (χ4v) is 5.15. The summed E-state index contributed by atoms with van der Waals surface area (Å²) in [7, 11) is -0.637. The number of nitrogens with zero attached hydrogens (tertiary/aromatic N) is 2. The molecule has 0 unspecified atom stereocenters. The molecule has 1 fully saturated rings. The van der Waals surface area contributed by atoms with Gasteiger partial charge in [0.2, 0.25) is 10.0 Å². The van der Waals surface area contributed by atoms with Crippen LogP contribution in [0.25, 0.3) is 11.0 Å². The third kappa shape index (κ3) is 4.60. The number of ether oxygens (including phenoxy) is 1. The highest BCUT2D eigenvalue weighted by Gasteiger charge is 2.32. The Bertz CT molecular complexity index is 1430. The van der Waals surface area contributed by atoms with Crippen LogP contribution in [0.4, 0.5) is 15.0 Å². The number of aryl methyl sites for hydroxylation is 1. The number of benzene rings is 1. The van der Waals surface area contributed by atoms with E-state index in [4.69, 9.17) is 9.15 Å². The predicted molar refractivity (Wildman–Crippen MR) is 124 cm³/mol. The first-order chi connectivity index (χ1) is 16.1. The standard InChI is InChI=1S/C23H24FN3O6S/c1-13-17-8-7-15(32-23(29)27(2)3)12-19(17)33-22(28)18(13)11-14-9-10-25-21(20(14)24)26-34(30,31)16-5-4-6-16/h7-10,12,16H,4-6,11H2,1-3H3,(H,25,26). The van der Waals surface area contributed by atoms with Crippen molar-refractivity contribution in [2.75, 3.05) is 18.8 Å². The van der Waals surface area contributed by atoms with Gasteiger partial charge < -0.3 is 14.1 Å². The molecule has 34 heavy (non-hydrogen) atoms. The van der Waals surface area contributed by atoms with Gasteiger partial charge in [0.25, 0.3) is 0 Å². The molecule has 2 heterocycles. The first-order valence-electron chi connectivity index (χ1n) is 10.7. The van der Waals surface area contributed by atoms with E-state index in [1.165, 1.54) is 23.2 Å². The SMILES string of the molecule is Cc1c(Cc2ccnc(NS(=O)(=O)C3CCC3)c2F)c(=O)oc2cc(OC(=O)N(C)C)ccc12. The van der Waals surface area contributed by atoms with E-state index in [9.17, 15) is 18.0 Å². The maximum atomic E-state index is 15.1. The lowest BCUT2D eigenvalue weighted by Crippen LogP contribution is -2.33. The van der Waals surface area contributed by atoms with E-state index in [0.29, 0.717) is 23.8 Å². The number of carbonyl (C=O) groups excluding carboxylic acids is 1. The number of hydrogen-bond donors (Lipinski definition) is 1. The van der Waals surface area contributed by atoms with Gasteiger partial charge in [-0.05, 0) is 49.1 Å². The Kier molecular flexibility index (Phi) is 6.30. The van der Waals surface area contributed by atoms with Crippen LogP contribution in [-0.2, 0) is 16.4 Å². The lowest BCUT2D eigenvalue weighted by atomic mass is 10.00. The molecule has 0 atom stereocenters. The van der Waals surface area contributed by atoms with Crippen LogP contribution in [-0.4, -0.2) is 43.7 Å². The predicted octanol–water partition coefficient (Wildman–Crippen LogP) is 3.58. The quantitative estimate of drug-likeness (QED) is 0.526. The number of fused-ring (bicyclic) bond motifs is 1. The maximum absolute atomic E-state index is 15.1. The van der Waals surface area contributed by atoms with E-state index in [-0.39, 0.29) is 34.7 Å². The molecule has 9 nitrogen and oxygen atoms in total. The maximum Gasteiger partial charge on any atom is 0.414 e. The van der Waals surface area contributed by atoms with Crippen LogP contribution in [0.15, 0.2) is 39.7 Å². The minimum absolute atomic E-state index is 0.104. The Hall–Kier alpha value is -3.47. The number of halogens is 1. The molecule has 0 aliphatic heterocycles. The van der Waals surface area contributed by atoms with Gasteiger partial charge in [-0.2, -0.15) is 0 Å². The summed E-state index contributed by atoms with van der Waals surface area (Å²) in [6.07, 6.45) is 2.48. The highest BCUT2D eigenvalue weighted by Crippen LogP contribution is 2.29. The lowest BCUT2D eigenvalue weighted by molar-refractivity contribution is 0.172. The van der Waals surface area contributed by atoms with Gasteiger partial charge >= 0.3 is 11.7 Å². The minimum Gasteiger partial charge on any atom is -0.422 e. The molecular weight excluding hydrogens is 465 g/mol. The molecule has 0 spiro atoms. The van der Waals surface area contributed by atoms with Crippen molar-refractivity contribution in [1.29, 1.82) is 0 Å². The molecule has 3 aromatic rings. The fraction of sp³-hybridized carbons (Fsp3) is 0.348. The lowest BCUT2D eigenvalue weighted by Gasteiger charge is -2.25. The van der Waals surface area contributed by atoms with Crippen molar-refractivity contribution in [2.24, 2.45) is 0 Å². The van der Waals surface area contributed by atoms with Crippen LogP contribution in [0.3, 0.4) is 0 Å². The Morgan fingerprint density at radius 1 is 1.29 bits per heavy atom. The van der Waals surface area contributed by atoms with Crippen LogP contribution in [0.1, 0.15) is 36.0 Å². The van der Waals surface area contributed by atoms with Crippen molar-refractivity contribution in [3.05, 3.63) is 63.4 Å². The van der Waals surface area contributed by atoms with E-state index in [0.717, 1.165) is 6.42 Å². The number of anilines is 1. The number of amides is 1. The topological polar surface area (TPSA) is 119 Å². The van der Waals surface area contributed by atoms with Gasteiger partial charge in [-0.25, -0.2) is 27.4 Å². The van der Waals surface area contributed by atoms with Gasteiger partial charge in [0.1, 0.15) is 11.3 Å². The minimum atomic E-state index is -3.72. The fourth-order valence-electron chi connectivity index (χ4n) is 3.62. The number of pyridine rings is 1. The smallest absolute Gasteiger partial charge is 0.414 e. The van der Waals surface area contributed by atoms with Crippen molar-refractivity contribution < 1.29 is 26.8 Å². The second kappa shape index (κ2) is 9.05. The van der Waals surface area contributed by atoms with Crippen molar-refractivity contribution in [2.45, 2.75) is 37.9 Å². The number of hydrogen-bond acceptors (Lipinski definition) is 7. The molecule has 11 heteroatoms. The largest absolute Gasteiger partial charge is 0.422 e. The van der Waals surface area contributed by atoms with Gasteiger partial charge in [0.05, 0.1) is 5.25 Å². The van der Waals surface area contributed by atoms with Crippen LogP contribution < -0.4 is 15.1 Å². The highest BCUT2D eigenvalue weighted by atomic mass is 32.2. The number of carbonyl (C=O) groups is 1. The first kappa shape index (κ1) is 23.7. The molecule has 1 aromatic carbocycles. The third-order valence-electron chi connectivity index (χ3n) is 5.90. The number of rotatable bonds is 6. The summed E-state index contributed by atoms with van der Waals surface area (Å²) in [6.45, 7) is 1.71. The Balaban J connectivity index is 1.64. The van der Waals surface area contributed by atoms with Gasteiger partial charge in [-0.1, -0.05) is 6.42 Å². The normalized spacial score (nSPS) is 14.0. The summed E-state index contributed by atoms with van der Waals surface area (Å²) in [5, 5.41) is 0.0497. The molecule has 1 aliphatic rings. The van der Waals surface area contributed by atoms with Gasteiger partial charge in [0, 0.05) is 43.7 Å². The number of aromatic nitrogens is 1. The Labute approximate surface area is 195 Å². The molecule has 1 N–H and O–H groups in total. The van der Waals surface area contributed by atoms with Gasteiger partial charge in [-0.3, -0.25) is 4.72 Å². The van der Waals surface area contributed by atoms with Crippen molar-refractivity contribution in [3.63, 3.8) is 0 Å². The highest BCUT2D eigenvalue weighted by molar-refractivity contribution is 7.93. The second-order valence-electron chi connectivity index (χ2n) is 8.42. The first-order valence-corrected chi connectivity index (χ1v) is 12.2. The summed E-state index contributed by atoms with van der Waals surface area (Å²) in [6, 6.07) is 6.05. The summed E-state index contributed by atoms with van der Waals surface area (Å²) >= 11 is 0. The number of nitrogens with one attached hydrogen (secondary N) is 1. The van der Waals surface area contributed by atoms with E-state index >= 15 is 4.39 Å². The van der Waals surface area contributed by atoms with Crippen molar-refractivity contribution >= 4 is 32.9 Å². The Morgan fingerprint density at radius 2 is 2.03 bits per heavy atom. The van der Waals surface area contributed by atoms with Crippen molar-refractivity contribution in [3.8, 4) is 5.75 Å². The van der Waals surface area contributed by atoms with Gasteiger partial charge in [0.15, 0.2) is 11.6 Å². The average Bonchev–Trinajstić information content (AvgIpc) is 2.71. The molecule has 4 rings (SSSR count). The van der Waals surface area contributed by atoms with Gasteiger partial charge in [-0.15, -0.1) is 0 Å². The van der Waals surface area contributed by atoms with Crippen molar-refractivity contribution in [1.82, 2.24) is 9.88 Å². The Morgan fingerprint density at radius 3 is 2.68 bits per heavy atom. The molecule has 1 amide bonds. The van der Waals surface area contributed by atoms with E-state index < -0.39 is 32.8 Å². The molecule has 180 valence electrons. The average molecular weight is 490 g/mol. The summed E-state index contributed by atoms with van der Waals surface area (Å²) in [5.74, 6) is -1.01. The molecule has 0 saturated heterocycles. The summed E-state index contributed by atoms with van der Waals surface area (Å²) in [5.41, 5.74) is 0.453. The summed E-state index contributed by atoms with van der Waals surface area (Å²) in [4.78, 5) is 29.6. The zero-order chi connectivity index (χ0) is 24.6. The van der Waals surface area contributed by atoms with E-state index in [1.807, 2.05) is 0 Å². The van der Waals surface area contributed by atoms with E-state index in [2.05, 4.69) is 9.71 Å². The zero-order valence-electron chi connectivity index (χ0n) is 18.9. The molecule has 0 bridgehead atoms. The van der Waals surface area contributed by atoms with Crippen LogP contribution in [0.2, 0.25) is 0 Å². The van der Waals surface area contributed by atoms with Crippen LogP contribution in [0, 0.1) is 12.7 Å². The van der Waals surface area contributed by atoms with E-state index in [1.54, 1.807) is 33.2 Å². The monoisotopic (exact) mass is 489 g/mol. The summed E-state index contributed by atoms with van der Waals surface area (Å²) < 4.78 is 52.7. The molecular formula is C23H24FN3O6S. The number of sulfonamides is 1. The third-order valence-corrected chi connectivity index (χ3v) is 7.72. The molecule has 0 radical (unpaired) electrons. The van der Waals surface area contributed by atoms with Crippen LogP contribution in [0.5, 0.6) is 5.75 Å².